The number of carbonyl (C=O) groups excluding carboxylic acids is 1. The number of carboxylic acids is 1. The third-order valence-electron chi connectivity index (χ3n) is 9.22. The number of carbonyl (C=O) groups is 2. The Morgan fingerprint density at radius 2 is 1.35 bits per heavy atom. The van der Waals surface area contributed by atoms with Crippen LogP contribution in [0.2, 0.25) is 0 Å². The maximum Gasteiger partial charge on any atom is 0.336 e. The van der Waals surface area contributed by atoms with Gasteiger partial charge in [0.05, 0.1) is 25.7 Å². The lowest BCUT2D eigenvalue weighted by molar-refractivity contribution is -0.148. The largest absolute Gasteiger partial charge is 0.496 e. The van der Waals surface area contributed by atoms with Crippen molar-refractivity contribution in [1.82, 2.24) is 0 Å². The number of benzene rings is 5. The molecule has 5 rings (SSSR count). The first-order valence-electron chi connectivity index (χ1n) is 17.7. The van der Waals surface area contributed by atoms with Crippen molar-refractivity contribution in [3.05, 3.63) is 136 Å². The summed E-state index contributed by atoms with van der Waals surface area (Å²) in [6.07, 6.45) is 3.40. The van der Waals surface area contributed by atoms with Crippen LogP contribution in [-0.2, 0) is 9.59 Å². The number of halogens is 1. The van der Waals surface area contributed by atoms with E-state index in [1.165, 1.54) is 6.08 Å². The van der Waals surface area contributed by atoms with Crippen LogP contribution in [0.25, 0.3) is 17.2 Å². The van der Waals surface area contributed by atoms with Crippen molar-refractivity contribution < 1.29 is 38.4 Å². The van der Waals surface area contributed by atoms with Crippen LogP contribution in [0, 0.1) is 19.3 Å². The van der Waals surface area contributed by atoms with Crippen molar-refractivity contribution in [2.24, 2.45) is 5.41 Å². The van der Waals surface area contributed by atoms with E-state index >= 15 is 0 Å². The maximum absolute atomic E-state index is 12.7. The Kier molecular flexibility index (Phi) is 13.2. The minimum Gasteiger partial charge on any atom is -0.496 e. The van der Waals surface area contributed by atoms with Gasteiger partial charge in [-0.2, -0.15) is 0 Å². The van der Waals surface area contributed by atoms with Gasteiger partial charge in [0, 0.05) is 16.5 Å². The number of aliphatic carboxylic acids is 1. The molecule has 1 unspecified atom stereocenters. The van der Waals surface area contributed by atoms with Crippen molar-refractivity contribution in [2.75, 3.05) is 20.3 Å². The Balaban J connectivity index is 1.19. The summed E-state index contributed by atoms with van der Waals surface area (Å²) in [6, 6.07) is 32.0. The summed E-state index contributed by atoms with van der Waals surface area (Å²) >= 11 is 3.55. The highest BCUT2D eigenvalue weighted by Gasteiger charge is 2.39. The fraction of sp³-hybridized carbons (Fsp3) is 0.244. The minimum atomic E-state index is -1.12. The predicted octanol–water partition coefficient (Wildman–Crippen LogP) is 11.2. The second-order valence-electron chi connectivity index (χ2n) is 13.4. The molecule has 0 bridgehead atoms. The molecule has 0 fully saturated rings. The quantitative estimate of drug-likeness (QED) is 0.0599. The van der Waals surface area contributed by atoms with Gasteiger partial charge in [-0.05, 0) is 147 Å². The molecule has 0 aromatic heterocycles. The summed E-state index contributed by atoms with van der Waals surface area (Å²) in [4.78, 5) is 25.2. The van der Waals surface area contributed by atoms with E-state index in [0.717, 1.165) is 43.8 Å². The SMILES string of the molecule is CCOc1ccc(-c2ccc(Oc3ccc(OC(=O)C=Cc4ccc(C(CCOc5cc(C)c(Br)cc5C)C(C)(C)C(=O)O)c(OC)c4)cc3)cc2)cc1. The lowest BCUT2D eigenvalue weighted by Crippen LogP contribution is -2.32. The standard InChI is InChI=1S/C45H45BrO8/c1-7-51-34-14-10-32(11-15-34)33-12-16-35(17-13-33)53-36-18-20-37(21-19-36)54-43(47)23-9-31-8-22-38(42(28-31)50-6)39(45(4,5)44(48)49)24-25-52-41-27-29(2)40(46)26-30(41)3/h8-23,26-28,39H,7,24-25H2,1-6H3,(H,48,49). The third kappa shape index (κ3) is 10.1. The van der Waals surface area contributed by atoms with Gasteiger partial charge in [-0.3, -0.25) is 4.79 Å². The minimum absolute atomic E-state index is 0.311. The van der Waals surface area contributed by atoms with Gasteiger partial charge in [0.2, 0.25) is 0 Å². The van der Waals surface area contributed by atoms with Crippen molar-refractivity contribution in [3.8, 4) is 45.6 Å². The number of hydrogen-bond donors (Lipinski definition) is 1. The molecule has 0 aliphatic heterocycles. The average molecular weight is 794 g/mol. The van der Waals surface area contributed by atoms with Crippen LogP contribution in [0.3, 0.4) is 0 Å². The van der Waals surface area contributed by atoms with E-state index in [4.69, 9.17) is 23.7 Å². The summed E-state index contributed by atoms with van der Waals surface area (Å²) < 4.78 is 29.9. The van der Waals surface area contributed by atoms with Gasteiger partial charge in [0.15, 0.2) is 0 Å². The molecule has 0 aliphatic rings. The monoisotopic (exact) mass is 792 g/mol. The Bertz CT molecular complexity index is 2090. The molecule has 8 nitrogen and oxygen atoms in total. The molecule has 5 aromatic rings. The zero-order valence-corrected chi connectivity index (χ0v) is 32.9. The van der Waals surface area contributed by atoms with E-state index in [1.54, 1.807) is 57.4 Å². The molecule has 0 saturated carbocycles. The molecule has 9 heteroatoms. The molecule has 1 atom stereocenters. The van der Waals surface area contributed by atoms with Crippen LogP contribution >= 0.6 is 15.9 Å². The summed E-state index contributed by atoms with van der Waals surface area (Å²) in [6.45, 7) is 10.3. The Morgan fingerprint density at radius 1 is 0.759 bits per heavy atom. The molecule has 0 spiro atoms. The highest BCUT2D eigenvalue weighted by Crippen LogP contribution is 2.43. The number of ether oxygens (including phenoxy) is 5. The van der Waals surface area contributed by atoms with Gasteiger partial charge < -0.3 is 28.8 Å². The van der Waals surface area contributed by atoms with Crippen LogP contribution in [-0.4, -0.2) is 37.4 Å². The van der Waals surface area contributed by atoms with Gasteiger partial charge in [0.1, 0.15) is 34.5 Å². The van der Waals surface area contributed by atoms with Crippen molar-refractivity contribution >= 4 is 33.9 Å². The highest BCUT2D eigenvalue weighted by atomic mass is 79.9. The molecule has 0 amide bonds. The van der Waals surface area contributed by atoms with E-state index < -0.39 is 23.3 Å². The number of methoxy groups -OCH3 is 1. The number of aryl methyl sites for hydroxylation is 2. The van der Waals surface area contributed by atoms with Crippen LogP contribution in [0.1, 0.15) is 55.4 Å². The Labute approximate surface area is 325 Å². The topological polar surface area (TPSA) is 101 Å². The fourth-order valence-corrected chi connectivity index (χ4v) is 6.48. The summed E-state index contributed by atoms with van der Waals surface area (Å²) in [5.74, 6) is 1.84. The molecule has 1 N–H and O–H groups in total. The lowest BCUT2D eigenvalue weighted by atomic mass is 9.73. The molecular formula is C45H45BrO8. The molecule has 0 heterocycles. The van der Waals surface area contributed by atoms with Gasteiger partial charge in [-0.15, -0.1) is 0 Å². The Hall–Kier alpha value is -5.54. The lowest BCUT2D eigenvalue weighted by Gasteiger charge is -2.32. The van der Waals surface area contributed by atoms with E-state index in [1.807, 2.05) is 93.6 Å². The maximum atomic E-state index is 12.7. The zero-order valence-electron chi connectivity index (χ0n) is 31.4. The smallest absolute Gasteiger partial charge is 0.336 e. The van der Waals surface area contributed by atoms with Crippen molar-refractivity contribution in [1.29, 1.82) is 0 Å². The zero-order chi connectivity index (χ0) is 38.8. The molecule has 280 valence electrons. The van der Waals surface area contributed by atoms with Gasteiger partial charge in [-0.1, -0.05) is 52.3 Å². The molecule has 0 saturated heterocycles. The second-order valence-corrected chi connectivity index (χ2v) is 14.2. The van der Waals surface area contributed by atoms with Crippen molar-refractivity contribution in [3.63, 3.8) is 0 Å². The third-order valence-corrected chi connectivity index (χ3v) is 10.1. The first kappa shape index (κ1) is 39.7. The van der Waals surface area contributed by atoms with E-state index in [0.29, 0.717) is 48.2 Å². The van der Waals surface area contributed by atoms with Crippen LogP contribution < -0.4 is 23.7 Å². The average Bonchev–Trinajstić information content (AvgIpc) is 3.16. The molecular weight excluding hydrogens is 748 g/mol. The van der Waals surface area contributed by atoms with Gasteiger partial charge in [0.25, 0.3) is 0 Å². The molecule has 5 aromatic carbocycles. The van der Waals surface area contributed by atoms with Gasteiger partial charge >= 0.3 is 11.9 Å². The second kappa shape index (κ2) is 18.0. The van der Waals surface area contributed by atoms with E-state index in [9.17, 15) is 14.7 Å². The van der Waals surface area contributed by atoms with Crippen LogP contribution in [0.15, 0.2) is 114 Å². The molecule has 0 aliphatic carbocycles. The number of hydrogen-bond acceptors (Lipinski definition) is 7. The fourth-order valence-electron chi connectivity index (χ4n) is 6.02. The number of carboxylic acid groups (broad SMARTS) is 1. The first-order valence-corrected chi connectivity index (χ1v) is 18.5. The predicted molar refractivity (Wildman–Crippen MR) is 215 cm³/mol. The number of rotatable bonds is 16. The first-order chi connectivity index (χ1) is 25.9. The number of esters is 1. The molecule has 54 heavy (non-hydrogen) atoms. The van der Waals surface area contributed by atoms with Crippen molar-refractivity contribution in [2.45, 2.75) is 47.0 Å². The highest BCUT2D eigenvalue weighted by molar-refractivity contribution is 9.10. The normalized spacial score (nSPS) is 11.9. The summed E-state index contributed by atoms with van der Waals surface area (Å²) in [5, 5.41) is 10.2. The Morgan fingerprint density at radius 3 is 1.94 bits per heavy atom. The van der Waals surface area contributed by atoms with E-state index in [-0.39, 0.29) is 0 Å². The van der Waals surface area contributed by atoms with E-state index in [2.05, 4.69) is 15.9 Å². The summed E-state index contributed by atoms with van der Waals surface area (Å²) in [5.41, 5.74) is 4.48. The summed E-state index contributed by atoms with van der Waals surface area (Å²) in [7, 11) is 1.54. The van der Waals surface area contributed by atoms with Crippen LogP contribution in [0.4, 0.5) is 0 Å². The van der Waals surface area contributed by atoms with Gasteiger partial charge in [-0.25, -0.2) is 4.79 Å². The van der Waals surface area contributed by atoms with Crippen LogP contribution in [0.5, 0.6) is 34.5 Å². The molecule has 0 radical (unpaired) electrons.